The minimum absolute atomic E-state index is 0.132. The molecule has 120 valence electrons. The topological polar surface area (TPSA) is 63.6 Å². The van der Waals surface area contributed by atoms with Crippen molar-refractivity contribution in [2.45, 2.75) is 0 Å². The molecule has 0 radical (unpaired) electrons. The standard InChI is InChI=1S/C18H14BrN3O2/c19-15-8-6-13(7-9-15)11-21-22-17(23)12-24-16-5-1-3-14-4-2-10-20-18(14)16/h1-11H,12H2,(H,22,23)/b21-11-. The van der Waals surface area contributed by atoms with Gasteiger partial charge in [-0.25, -0.2) is 5.43 Å². The van der Waals surface area contributed by atoms with Crippen molar-refractivity contribution in [2.75, 3.05) is 6.61 Å². The monoisotopic (exact) mass is 383 g/mol. The fraction of sp³-hybridized carbons (Fsp3) is 0.0556. The third kappa shape index (κ3) is 4.17. The summed E-state index contributed by atoms with van der Waals surface area (Å²) >= 11 is 3.36. The normalized spacial score (nSPS) is 10.9. The Morgan fingerprint density at radius 3 is 2.79 bits per heavy atom. The van der Waals surface area contributed by atoms with E-state index in [0.717, 1.165) is 20.9 Å². The number of halogens is 1. The van der Waals surface area contributed by atoms with Crippen LogP contribution in [-0.4, -0.2) is 23.7 Å². The van der Waals surface area contributed by atoms with E-state index in [1.807, 2.05) is 48.5 Å². The van der Waals surface area contributed by atoms with Gasteiger partial charge in [0.2, 0.25) is 0 Å². The zero-order valence-electron chi connectivity index (χ0n) is 12.6. The Morgan fingerprint density at radius 2 is 1.96 bits per heavy atom. The number of fused-ring (bicyclic) bond motifs is 1. The maximum absolute atomic E-state index is 11.8. The first-order valence-electron chi connectivity index (χ1n) is 7.26. The lowest BCUT2D eigenvalue weighted by Crippen LogP contribution is -2.24. The number of ether oxygens (including phenoxy) is 1. The first-order valence-corrected chi connectivity index (χ1v) is 8.06. The van der Waals surface area contributed by atoms with Gasteiger partial charge in [-0.05, 0) is 29.8 Å². The van der Waals surface area contributed by atoms with E-state index in [1.165, 1.54) is 0 Å². The van der Waals surface area contributed by atoms with Gasteiger partial charge in [-0.2, -0.15) is 5.10 Å². The second-order valence-electron chi connectivity index (χ2n) is 4.96. The van der Waals surface area contributed by atoms with E-state index in [9.17, 15) is 4.79 Å². The highest BCUT2D eigenvalue weighted by Crippen LogP contribution is 2.22. The van der Waals surface area contributed by atoms with Crippen LogP contribution >= 0.6 is 15.9 Å². The molecule has 1 heterocycles. The molecule has 0 aliphatic rings. The lowest BCUT2D eigenvalue weighted by Gasteiger charge is -2.07. The van der Waals surface area contributed by atoms with Gasteiger partial charge in [-0.1, -0.05) is 46.3 Å². The van der Waals surface area contributed by atoms with E-state index in [-0.39, 0.29) is 12.5 Å². The van der Waals surface area contributed by atoms with Gasteiger partial charge >= 0.3 is 0 Å². The van der Waals surface area contributed by atoms with Crippen LogP contribution in [-0.2, 0) is 4.79 Å². The van der Waals surface area contributed by atoms with E-state index in [2.05, 4.69) is 31.4 Å². The summed E-state index contributed by atoms with van der Waals surface area (Å²) in [7, 11) is 0. The minimum Gasteiger partial charge on any atom is -0.481 e. The van der Waals surface area contributed by atoms with E-state index in [0.29, 0.717) is 5.75 Å². The summed E-state index contributed by atoms with van der Waals surface area (Å²) < 4.78 is 6.53. The Kier molecular flexibility index (Phi) is 5.18. The first kappa shape index (κ1) is 16.1. The van der Waals surface area contributed by atoms with E-state index in [4.69, 9.17) is 4.74 Å². The van der Waals surface area contributed by atoms with Gasteiger partial charge in [-0.3, -0.25) is 9.78 Å². The molecule has 0 unspecified atom stereocenters. The summed E-state index contributed by atoms with van der Waals surface area (Å²) in [5.41, 5.74) is 4.05. The molecule has 1 N–H and O–H groups in total. The van der Waals surface area contributed by atoms with E-state index < -0.39 is 0 Å². The Bertz CT molecular complexity index is 874. The van der Waals surface area contributed by atoms with Gasteiger partial charge in [0.15, 0.2) is 6.61 Å². The Morgan fingerprint density at radius 1 is 1.17 bits per heavy atom. The van der Waals surface area contributed by atoms with Crippen LogP contribution in [0.1, 0.15) is 5.56 Å². The molecule has 24 heavy (non-hydrogen) atoms. The predicted octanol–water partition coefficient (Wildman–Crippen LogP) is 3.53. The van der Waals surface area contributed by atoms with Crippen molar-refractivity contribution in [2.24, 2.45) is 5.10 Å². The highest BCUT2D eigenvalue weighted by molar-refractivity contribution is 9.10. The molecule has 0 saturated heterocycles. The number of para-hydroxylation sites is 1. The Hall–Kier alpha value is -2.73. The quantitative estimate of drug-likeness (QED) is 0.541. The SMILES string of the molecule is O=C(COc1cccc2cccnc12)N/N=C\c1ccc(Br)cc1. The second-order valence-corrected chi connectivity index (χ2v) is 5.88. The molecule has 0 aliphatic heterocycles. The number of hydrogen-bond donors (Lipinski definition) is 1. The third-order valence-corrected chi connectivity index (χ3v) is 3.76. The number of hydrogen-bond acceptors (Lipinski definition) is 4. The largest absolute Gasteiger partial charge is 0.481 e. The van der Waals surface area contributed by atoms with Gasteiger partial charge < -0.3 is 4.74 Å². The van der Waals surface area contributed by atoms with Gasteiger partial charge in [0.1, 0.15) is 11.3 Å². The van der Waals surface area contributed by atoms with Crippen LogP contribution < -0.4 is 10.2 Å². The number of amides is 1. The average Bonchev–Trinajstić information content (AvgIpc) is 2.61. The lowest BCUT2D eigenvalue weighted by atomic mass is 10.2. The fourth-order valence-electron chi connectivity index (χ4n) is 2.10. The number of benzene rings is 2. The Labute approximate surface area is 147 Å². The molecule has 0 bridgehead atoms. The predicted molar refractivity (Wildman–Crippen MR) is 97.1 cm³/mol. The highest BCUT2D eigenvalue weighted by atomic mass is 79.9. The number of hydrazone groups is 1. The van der Waals surface area contributed by atoms with Gasteiger partial charge in [-0.15, -0.1) is 0 Å². The van der Waals surface area contributed by atoms with Crippen LogP contribution in [0.5, 0.6) is 5.75 Å². The van der Waals surface area contributed by atoms with Crippen LogP contribution in [0.15, 0.2) is 70.4 Å². The summed E-state index contributed by atoms with van der Waals surface area (Å²) in [4.78, 5) is 16.1. The number of nitrogens with one attached hydrogen (secondary N) is 1. The molecule has 3 aromatic rings. The third-order valence-electron chi connectivity index (χ3n) is 3.23. The minimum atomic E-state index is -0.337. The lowest BCUT2D eigenvalue weighted by molar-refractivity contribution is -0.123. The molecule has 0 saturated carbocycles. The molecule has 5 nitrogen and oxygen atoms in total. The van der Waals surface area contributed by atoms with Crippen molar-refractivity contribution in [3.05, 3.63) is 70.8 Å². The van der Waals surface area contributed by atoms with E-state index >= 15 is 0 Å². The average molecular weight is 384 g/mol. The smallest absolute Gasteiger partial charge is 0.277 e. The molecule has 1 amide bonds. The van der Waals surface area contributed by atoms with Crippen molar-refractivity contribution >= 4 is 39.0 Å². The molecule has 0 spiro atoms. The zero-order valence-corrected chi connectivity index (χ0v) is 14.2. The number of carbonyl (C=O) groups excluding carboxylic acids is 1. The second kappa shape index (κ2) is 7.70. The summed E-state index contributed by atoms with van der Waals surface area (Å²) in [6, 6.07) is 17.0. The van der Waals surface area contributed by atoms with Gasteiger partial charge in [0, 0.05) is 16.1 Å². The van der Waals surface area contributed by atoms with Crippen LogP contribution in [0.25, 0.3) is 10.9 Å². The summed E-state index contributed by atoms with van der Waals surface area (Å²) in [6.07, 6.45) is 3.27. The van der Waals surface area contributed by atoms with Gasteiger partial charge in [0.05, 0.1) is 6.21 Å². The first-order chi connectivity index (χ1) is 11.7. The number of aromatic nitrogens is 1. The highest BCUT2D eigenvalue weighted by Gasteiger charge is 2.05. The maximum Gasteiger partial charge on any atom is 0.277 e. The number of pyridine rings is 1. The molecule has 0 fully saturated rings. The summed E-state index contributed by atoms with van der Waals surface area (Å²) in [5, 5.41) is 4.87. The summed E-state index contributed by atoms with van der Waals surface area (Å²) in [5.74, 6) is 0.233. The number of rotatable bonds is 5. The van der Waals surface area contributed by atoms with Crippen molar-refractivity contribution in [3.8, 4) is 5.75 Å². The van der Waals surface area contributed by atoms with Crippen LogP contribution in [0, 0.1) is 0 Å². The van der Waals surface area contributed by atoms with Crippen molar-refractivity contribution in [3.63, 3.8) is 0 Å². The number of carbonyl (C=O) groups is 1. The summed E-state index contributed by atoms with van der Waals surface area (Å²) in [6.45, 7) is -0.132. The number of nitrogens with zero attached hydrogens (tertiary/aromatic N) is 2. The zero-order chi connectivity index (χ0) is 16.8. The van der Waals surface area contributed by atoms with E-state index in [1.54, 1.807) is 18.5 Å². The molecular weight excluding hydrogens is 370 g/mol. The Balaban J connectivity index is 1.56. The maximum atomic E-state index is 11.8. The molecule has 6 heteroatoms. The molecule has 1 aromatic heterocycles. The fourth-order valence-corrected chi connectivity index (χ4v) is 2.36. The molecular formula is C18H14BrN3O2. The molecule has 0 atom stereocenters. The van der Waals surface area contributed by atoms with Crippen LogP contribution in [0.4, 0.5) is 0 Å². The van der Waals surface area contributed by atoms with Crippen LogP contribution in [0.2, 0.25) is 0 Å². The van der Waals surface area contributed by atoms with Crippen molar-refractivity contribution < 1.29 is 9.53 Å². The van der Waals surface area contributed by atoms with Gasteiger partial charge in [0.25, 0.3) is 5.91 Å². The molecule has 2 aromatic carbocycles. The molecule has 0 aliphatic carbocycles. The van der Waals surface area contributed by atoms with Crippen molar-refractivity contribution in [1.29, 1.82) is 0 Å². The van der Waals surface area contributed by atoms with Crippen LogP contribution in [0.3, 0.4) is 0 Å². The molecule has 3 rings (SSSR count). The van der Waals surface area contributed by atoms with Crippen molar-refractivity contribution in [1.82, 2.24) is 10.4 Å².